The minimum absolute atomic E-state index is 0.0947. The number of unbranched alkanes of at least 4 members (excludes halogenated alkanes) is 17. The zero-order chi connectivity index (χ0) is 56.2. The molecule has 0 heterocycles. The number of carbonyl (C=O) groups excluding carboxylic acids is 2. The number of esters is 2. The Bertz CT molecular complexity index is 1780. The molecule has 1 N–H and O–H groups in total. The van der Waals surface area contributed by atoms with E-state index in [1.54, 1.807) is 0 Å². The predicted octanol–water partition coefficient (Wildman–Crippen LogP) is 21.9. The molecule has 0 saturated carbocycles. The molecule has 1 unspecified atom stereocenters. The number of hydrogen-bond donors (Lipinski definition) is 1. The average Bonchev–Trinajstić information content (AvgIpc) is 3.44. The monoisotopic (exact) mass is 1070 g/mol. The Morgan fingerprint density at radius 1 is 0.295 bits per heavy atom. The van der Waals surface area contributed by atoms with Gasteiger partial charge in [0.1, 0.15) is 6.61 Å². The Hall–Kier alpha value is -5.00. The van der Waals surface area contributed by atoms with Gasteiger partial charge in [0.15, 0.2) is 6.10 Å². The van der Waals surface area contributed by atoms with Crippen molar-refractivity contribution < 1.29 is 24.2 Å². The van der Waals surface area contributed by atoms with Crippen molar-refractivity contribution in [1.82, 2.24) is 0 Å². The number of aliphatic hydroxyl groups excluding tert-OH is 1. The van der Waals surface area contributed by atoms with Crippen molar-refractivity contribution in [3.8, 4) is 0 Å². The van der Waals surface area contributed by atoms with Gasteiger partial charge in [0.25, 0.3) is 0 Å². The first-order valence-electron chi connectivity index (χ1n) is 31.3. The van der Waals surface area contributed by atoms with Gasteiger partial charge in [0.2, 0.25) is 0 Å². The molecule has 5 heteroatoms. The molecule has 0 saturated heterocycles. The van der Waals surface area contributed by atoms with Gasteiger partial charge in [-0.1, -0.05) is 280 Å². The summed E-state index contributed by atoms with van der Waals surface area (Å²) in [6, 6.07) is 0. The first kappa shape index (κ1) is 73.0. The molecule has 0 rings (SSSR count). The topological polar surface area (TPSA) is 72.8 Å². The van der Waals surface area contributed by atoms with Crippen molar-refractivity contribution in [2.24, 2.45) is 0 Å². The smallest absolute Gasteiger partial charge is 0.306 e. The molecule has 78 heavy (non-hydrogen) atoms. The normalized spacial score (nSPS) is 13.5. The van der Waals surface area contributed by atoms with E-state index in [4.69, 9.17) is 9.47 Å². The van der Waals surface area contributed by atoms with Gasteiger partial charge in [-0.25, -0.2) is 0 Å². The van der Waals surface area contributed by atoms with E-state index in [1.165, 1.54) is 83.5 Å². The SMILES string of the molecule is CC/C=C\C/C=C\C/C=C\C/C=C\C/C=C\C/C=C\C/C=C\C/C=C\CCCCC(=O)OC(CO)COC(=O)CCCCCCCCCCCCCCCCC/C=C\C/C=C\C/C=C\C/C=C\C/C=C\C/C=C\C/C=C\CC. The van der Waals surface area contributed by atoms with Gasteiger partial charge in [-0.15, -0.1) is 0 Å². The Morgan fingerprint density at radius 2 is 0.513 bits per heavy atom. The summed E-state index contributed by atoms with van der Waals surface area (Å²) in [6.45, 7) is 3.87. The van der Waals surface area contributed by atoms with E-state index in [-0.39, 0.29) is 31.6 Å². The quantitative estimate of drug-likeness (QED) is 0.0373. The van der Waals surface area contributed by atoms with E-state index in [0.29, 0.717) is 12.8 Å². The third kappa shape index (κ3) is 63.5. The second-order valence-electron chi connectivity index (χ2n) is 20.0. The Balaban J connectivity index is 3.60. The third-order valence-electron chi connectivity index (χ3n) is 12.7. The van der Waals surface area contributed by atoms with Crippen LogP contribution >= 0.6 is 0 Å². The molecule has 0 aliphatic rings. The van der Waals surface area contributed by atoms with Gasteiger partial charge < -0.3 is 14.6 Å². The summed E-state index contributed by atoms with van der Waals surface area (Å²) in [5.41, 5.74) is 0. The zero-order valence-corrected chi connectivity index (χ0v) is 49.8. The van der Waals surface area contributed by atoms with Crippen LogP contribution in [-0.2, 0) is 19.1 Å². The highest BCUT2D eigenvalue weighted by molar-refractivity contribution is 5.70. The molecule has 0 spiro atoms. The molecule has 0 amide bonds. The number of carbonyl (C=O) groups is 2. The minimum Gasteiger partial charge on any atom is -0.462 e. The lowest BCUT2D eigenvalue weighted by atomic mass is 10.0. The summed E-state index contributed by atoms with van der Waals surface area (Å²) in [4.78, 5) is 24.6. The summed E-state index contributed by atoms with van der Waals surface area (Å²) in [5, 5.41) is 9.67. The lowest BCUT2D eigenvalue weighted by molar-refractivity contribution is -0.161. The van der Waals surface area contributed by atoms with E-state index in [2.05, 4.69) is 196 Å². The lowest BCUT2D eigenvalue weighted by Crippen LogP contribution is -2.28. The van der Waals surface area contributed by atoms with Crippen molar-refractivity contribution >= 4 is 11.9 Å². The second-order valence-corrected chi connectivity index (χ2v) is 20.0. The molecule has 0 aromatic heterocycles. The summed E-state index contributed by atoms with van der Waals surface area (Å²) < 4.78 is 10.7. The van der Waals surface area contributed by atoms with E-state index < -0.39 is 6.10 Å². The Kier molecular flexibility index (Phi) is 62.0. The van der Waals surface area contributed by atoms with E-state index >= 15 is 0 Å². The largest absolute Gasteiger partial charge is 0.462 e. The molecule has 1 atom stereocenters. The molecule has 0 aromatic carbocycles. The first-order chi connectivity index (χ1) is 38.6. The molecule has 0 bridgehead atoms. The number of hydrogen-bond acceptors (Lipinski definition) is 5. The number of allylic oxidation sites excluding steroid dienone is 30. The number of ether oxygens (including phenoxy) is 2. The van der Waals surface area contributed by atoms with E-state index in [0.717, 1.165) is 128 Å². The first-order valence-corrected chi connectivity index (χ1v) is 31.3. The fraction of sp³-hybridized carbons (Fsp3) is 0.562. The van der Waals surface area contributed by atoms with Crippen molar-refractivity contribution in [3.63, 3.8) is 0 Å². The van der Waals surface area contributed by atoms with Crippen LogP contribution in [0.15, 0.2) is 182 Å². The summed E-state index contributed by atoms with van der Waals surface area (Å²) in [7, 11) is 0. The molecule has 436 valence electrons. The van der Waals surface area contributed by atoms with Gasteiger partial charge in [0, 0.05) is 12.8 Å². The fourth-order valence-corrected chi connectivity index (χ4v) is 8.08. The molecule has 0 radical (unpaired) electrons. The standard InChI is InChI=1S/C73H114O5/c1-3-5-7-9-11-13-15-17-19-21-23-25-27-29-31-32-33-34-35-36-37-38-39-40-42-43-45-47-49-51-53-55-57-59-61-63-65-67-72(75)77-70-71(69-74)78-73(76)68-66-64-62-60-58-56-54-52-50-48-46-44-41-30-28-26-24-22-20-18-16-14-12-10-8-6-4-2/h5-8,11-14,17-20,23-26,29-31,33-34,36-37,41,46,48,52,54,58,60,71,74H,3-4,9-10,15-16,21-22,27-28,32,35,38-40,42-45,47,49-51,53,55-57,59,61-70H2,1-2H3/b7-5-,8-6-,13-11-,14-12-,19-17-,20-18-,25-23-,26-24-,31-29-,34-33-,37-36-,41-30-,48-46-,54-52-,60-58-. The number of aliphatic hydroxyl groups is 1. The van der Waals surface area contributed by atoms with Gasteiger partial charge >= 0.3 is 11.9 Å². The lowest BCUT2D eigenvalue weighted by Gasteiger charge is -2.15. The van der Waals surface area contributed by atoms with E-state index in [9.17, 15) is 14.7 Å². The maximum atomic E-state index is 12.3. The molecule has 5 nitrogen and oxygen atoms in total. The predicted molar refractivity (Wildman–Crippen MR) is 343 cm³/mol. The molecule has 0 aliphatic heterocycles. The van der Waals surface area contributed by atoms with Crippen LogP contribution in [-0.4, -0.2) is 36.4 Å². The fourth-order valence-electron chi connectivity index (χ4n) is 8.08. The Labute approximate surface area is 480 Å². The highest BCUT2D eigenvalue weighted by Gasteiger charge is 2.16. The van der Waals surface area contributed by atoms with Crippen LogP contribution in [0.1, 0.15) is 245 Å². The molecular weight excluding hydrogens is 957 g/mol. The van der Waals surface area contributed by atoms with Gasteiger partial charge in [0.05, 0.1) is 6.61 Å². The van der Waals surface area contributed by atoms with Gasteiger partial charge in [-0.3, -0.25) is 9.59 Å². The van der Waals surface area contributed by atoms with Crippen LogP contribution in [0.25, 0.3) is 0 Å². The number of rotatable bonds is 55. The van der Waals surface area contributed by atoms with Crippen molar-refractivity contribution in [1.29, 1.82) is 0 Å². The van der Waals surface area contributed by atoms with Crippen molar-refractivity contribution in [3.05, 3.63) is 182 Å². The van der Waals surface area contributed by atoms with Gasteiger partial charge in [-0.2, -0.15) is 0 Å². The van der Waals surface area contributed by atoms with Crippen LogP contribution in [0, 0.1) is 0 Å². The van der Waals surface area contributed by atoms with Gasteiger partial charge in [-0.05, 0) is 135 Å². The van der Waals surface area contributed by atoms with Crippen LogP contribution in [0.3, 0.4) is 0 Å². The minimum atomic E-state index is -0.810. The zero-order valence-electron chi connectivity index (χ0n) is 49.8. The van der Waals surface area contributed by atoms with E-state index in [1.807, 2.05) is 0 Å². The highest BCUT2D eigenvalue weighted by Crippen LogP contribution is 2.15. The summed E-state index contributed by atoms with van der Waals surface area (Å²) >= 11 is 0. The van der Waals surface area contributed by atoms with Crippen molar-refractivity contribution in [2.45, 2.75) is 251 Å². The Morgan fingerprint density at radius 3 is 0.795 bits per heavy atom. The van der Waals surface area contributed by atoms with Crippen LogP contribution < -0.4 is 0 Å². The van der Waals surface area contributed by atoms with Crippen LogP contribution in [0.2, 0.25) is 0 Å². The molecule has 0 aliphatic carbocycles. The maximum Gasteiger partial charge on any atom is 0.306 e. The summed E-state index contributed by atoms with van der Waals surface area (Å²) in [6.07, 6.45) is 105. The maximum absolute atomic E-state index is 12.3. The molecule has 0 aromatic rings. The third-order valence-corrected chi connectivity index (χ3v) is 12.7. The highest BCUT2D eigenvalue weighted by atomic mass is 16.6. The second kappa shape index (κ2) is 66.3. The average molecular weight is 1070 g/mol. The van der Waals surface area contributed by atoms with Crippen LogP contribution in [0.5, 0.6) is 0 Å². The van der Waals surface area contributed by atoms with Crippen LogP contribution in [0.4, 0.5) is 0 Å². The summed E-state index contributed by atoms with van der Waals surface area (Å²) in [5.74, 6) is -0.652. The van der Waals surface area contributed by atoms with Crippen molar-refractivity contribution in [2.75, 3.05) is 13.2 Å². The molecule has 0 fully saturated rings. The molecular formula is C73H114O5.